The Hall–Kier alpha value is -1.30. The number of carbonyl (C=O) groups excluding carboxylic acids is 2. The summed E-state index contributed by atoms with van der Waals surface area (Å²) in [6, 6.07) is -0.0313. The molecule has 1 rings (SSSR count). The zero-order chi connectivity index (χ0) is 15.0. The predicted molar refractivity (Wildman–Crippen MR) is 79.6 cm³/mol. The third-order valence-corrected chi connectivity index (χ3v) is 3.70. The maximum Gasteiger partial charge on any atom is 0.315 e. The second-order valence-electron chi connectivity index (χ2n) is 5.44. The summed E-state index contributed by atoms with van der Waals surface area (Å²) in [5.74, 6) is -0.0639. The van der Waals surface area contributed by atoms with Crippen LogP contribution in [-0.2, 0) is 4.79 Å². The molecule has 0 aliphatic heterocycles. The van der Waals surface area contributed by atoms with Crippen LogP contribution in [0, 0.1) is 0 Å². The second-order valence-corrected chi connectivity index (χ2v) is 5.44. The van der Waals surface area contributed by atoms with Gasteiger partial charge >= 0.3 is 6.03 Å². The minimum Gasteiger partial charge on any atom is -0.353 e. The molecule has 6 heteroatoms. The average Bonchev–Trinajstić information content (AvgIpc) is 2.86. The van der Waals surface area contributed by atoms with Crippen LogP contribution in [0.4, 0.5) is 4.79 Å². The van der Waals surface area contributed by atoms with Crippen LogP contribution < -0.4 is 21.3 Å². The van der Waals surface area contributed by atoms with Crippen molar-refractivity contribution in [1.29, 1.82) is 0 Å². The fourth-order valence-corrected chi connectivity index (χ4v) is 2.65. The minimum absolute atomic E-state index is 0.0639. The molecule has 0 saturated heterocycles. The van der Waals surface area contributed by atoms with E-state index in [9.17, 15) is 9.59 Å². The van der Waals surface area contributed by atoms with E-state index >= 15 is 0 Å². The van der Waals surface area contributed by atoms with Crippen LogP contribution in [0.2, 0.25) is 0 Å². The molecule has 0 aromatic heterocycles. The number of nitrogens with one attached hydrogen (secondary N) is 4. The molecule has 20 heavy (non-hydrogen) atoms. The van der Waals surface area contributed by atoms with Gasteiger partial charge in [0.15, 0.2) is 0 Å². The molecule has 0 heterocycles. The predicted octanol–water partition coefficient (Wildman–Crippen LogP) is 0.733. The zero-order valence-corrected chi connectivity index (χ0v) is 12.8. The number of rotatable bonds is 7. The summed E-state index contributed by atoms with van der Waals surface area (Å²) in [6.07, 6.45) is 3.38. The number of hydrogen-bond donors (Lipinski definition) is 4. The van der Waals surface area contributed by atoms with Gasteiger partial charge in [-0.3, -0.25) is 4.79 Å². The lowest BCUT2D eigenvalue weighted by Gasteiger charge is -2.29. The van der Waals surface area contributed by atoms with Crippen molar-refractivity contribution in [3.63, 3.8) is 0 Å². The molecule has 1 fully saturated rings. The standard InChI is InChI=1S/C14H28N4O2/c1-4-15-11(3)10-17-12(19)14(8-6-7-9-14)18-13(20)16-5-2/h11,15H,4-10H2,1-3H3,(H,17,19)(H2,16,18,20)/t11-/m1/s1. The van der Waals surface area contributed by atoms with Crippen LogP contribution in [0.1, 0.15) is 46.5 Å². The number of hydrogen-bond acceptors (Lipinski definition) is 3. The van der Waals surface area contributed by atoms with Crippen molar-refractivity contribution in [2.45, 2.75) is 58.0 Å². The van der Waals surface area contributed by atoms with Crippen LogP contribution in [0.5, 0.6) is 0 Å². The van der Waals surface area contributed by atoms with Crippen LogP contribution >= 0.6 is 0 Å². The van der Waals surface area contributed by atoms with Gasteiger partial charge in [-0.05, 0) is 33.2 Å². The summed E-state index contributed by atoms with van der Waals surface area (Å²) >= 11 is 0. The maximum absolute atomic E-state index is 12.4. The average molecular weight is 284 g/mol. The van der Waals surface area contributed by atoms with E-state index in [2.05, 4.69) is 21.3 Å². The van der Waals surface area contributed by atoms with Crippen molar-refractivity contribution in [3.05, 3.63) is 0 Å². The Balaban J connectivity index is 2.56. The molecule has 0 aromatic carbocycles. The highest BCUT2D eigenvalue weighted by atomic mass is 16.2. The van der Waals surface area contributed by atoms with Gasteiger partial charge in [-0.25, -0.2) is 4.79 Å². The summed E-state index contributed by atoms with van der Waals surface area (Å²) in [5.41, 5.74) is -0.731. The third-order valence-electron chi connectivity index (χ3n) is 3.70. The van der Waals surface area contributed by atoms with Crippen LogP contribution in [0.25, 0.3) is 0 Å². The largest absolute Gasteiger partial charge is 0.353 e. The first-order chi connectivity index (χ1) is 9.54. The first-order valence-corrected chi connectivity index (χ1v) is 7.61. The summed E-state index contributed by atoms with van der Waals surface area (Å²) in [4.78, 5) is 24.2. The fraction of sp³-hybridized carbons (Fsp3) is 0.857. The Labute approximate surface area is 121 Å². The monoisotopic (exact) mass is 284 g/mol. The zero-order valence-electron chi connectivity index (χ0n) is 12.8. The third kappa shape index (κ3) is 4.67. The van der Waals surface area contributed by atoms with Crippen molar-refractivity contribution >= 4 is 11.9 Å². The highest BCUT2D eigenvalue weighted by Gasteiger charge is 2.42. The van der Waals surface area contributed by atoms with Gasteiger partial charge in [0.1, 0.15) is 5.54 Å². The van der Waals surface area contributed by atoms with Gasteiger partial charge in [-0.1, -0.05) is 19.8 Å². The molecule has 4 N–H and O–H groups in total. The molecule has 116 valence electrons. The summed E-state index contributed by atoms with van der Waals surface area (Å²) in [7, 11) is 0. The quantitative estimate of drug-likeness (QED) is 0.556. The van der Waals surface area contributed by atoms with E-state index in [-0.39, 0.29) is 18.0 Å². The number of amides is 3. The van der Waals surface area contributed by atoms with Crippen molar-refractivity contribution < 1.29 is 9.59 Å². The normalized spacial score (nSPS) is 18.4. The first kappa shape index (κ1) is 16.8. The minimum atomic E-state index is -0.731. The van der Waals surface area contributed by atoms with Crippen molar-refractivity contribution in [2.75, 3.05) is 19.6 Å². The van der Waals surface area contributed by atoms with E-state index in [1.54, 1.807) is 0 Å². The Kier molecular flexibility index (Phi) is 6.78. The van der Waals surface area contributed by atoms with Crippen LogP contribution in [0.15, 0.2) is 0 Å². The Bertz CT molecular complexity index is 327. The lowest BCUT2D eigenvalue weighted by Crippen LogP contribution is -2.60. The smallest absolute Gasteiger partial charge is 0.315 e. The Morgan fingerprint density at radius 1 is 1.10 bits per heavy atom. The van der Waals surface area contributed by atoms with Gasteiger partial charge in [-0.2, -0.15) is 0 Å². The molecule has 1 saturated carbocycles. The second kappa shape index (κ2) is 8.09. The van der Waals surface area contributed by atoms with E-state index in [4.69, 9.17) is 0 Å². The molecule has 0 unspecified atom stereocenters. The van der Waals surface area contributed by atoms with Gasteiger partial charge in [0.25, 0.3) is 0 Å². The lowest BCUT2D eigenvalue weighted by molar-refractivity contribution is -0.127. The number of likely N-dealkylation sites (N-methyl/N-ethyl adjacent to an activating group) is 1. The van der Waals surface area contributed by atoms with Gasteiger partial charge < -0.3 is 21.3 Å². The highest BCUT2D eigenvalue weighted by Crippen LogP contribution is 2.29. The van der Waals surface area contributed by atoms with Crippen molar-refractivity contribution in [2.24, 2.45) is 0 Å². The topological polar surface area (TPSA) is 82.3 Å². The first-order valence-electron chi connectivity index (χ1n) is 7.61. The van der Waals surface area contributed by atoms with Crippen molar-refractivity contribution in [3.8, 4) is 0 Å². The molecule has 0 bridgehead atoms. The molecule has 1 aliphatic carbocycles. The lowest BCUT2D eigenvalue weighted by atomic mass is 9.96. The van der Waals surface area contributed by atoms with E-state index in [0.29, 0.717) is 25.9 Å². The molecular weight excluding hydrogens is 256 g/mol. The SMILES string of the molecule is CCNC(=O)NC1(C(=O)NC[C@@H](C)NCC)CCCC1. The Morgan fingerprint density at radius 2 is 1.75 bits per heavy atom. The van der Waals surface area contributed by atoms with E-state index in [0.717, 1.165) is 19.4 Å². The van der Waals surface area contributed by atoms with Crippen LogP contribution in [-0.4, -0.2) is 43.2 Å². The van der Waals surface area contributed by atoms with Gasteiger partial charge in [0.05, 0.1) is 0 Å². The van der Waals surface area contributed by atoms with Gasteiger partial charge in [0.2, 0.25) is 5.91 Å². The highest BCUT2D eigenvalue weighted by molar-refractivity contribution is 5.91. The molecule has 1 atom stereocenters. The van der Waals surface area contributed by atoms with Crippen molar-refractivity contribution in [1.82, 2.24) is 21.3 Å². The molecule has 0 spiro atoms. The van der Waals surface area contributed by atoms with E-state index < -0.39 is 5.54 Å². The number of carbonyl (C=O) groups is 2. The van der Waals surface area contributed by atoms with Gasteiger partial charge in [0, 0.05) is 19.1 Å². The van der Waals surface area contributed by atoms with E-state index in [1.165, 1.54) is 0 Å². The summed E-state index contributed by atoms with van der Waals surface area (Å²) in [6.45, 7) is 7.93. The molecule has 0 aromatic rings. The fourth-order valence-electron chi connectivity index (χ4n) is 2.65. The molecule has 1 aliphatic rings. The summed E-state index contributed by atoms with van der Waals surface area (Å²) < 4.78 is 0. The molecule has 3 amide bonds. The van der Waals surface area contributed by atoms with Crippen LogP contribution in [0.3, 0.4) is 0 Å². The molecule has 0 radical (unpaired) electrons. The number of urea groups is 1. The maximum atomic E-state index is 12.4. The van der Waals surface area contributed by atoms with Gasteiger partial charge in [-0.15, -0.1) is 0 Å². The summed E-state index contributed by atoms with van der Waals surface area (Å²) in [5, 5.41) is 11.8. The Morgan fingerprint density at radius 3 is 2.30 bits per heavy atom. The molecular formula is C14H28N4O2. The molecule has 6 nitrogen and oxygen atoms in total. The van der Waals surface area contributed by atoms with E-state index in [1.807, 2.05) is 20.8 Å².